The molecule has 8 heteroatoms. The minimum Gasteiger partial charge on any atom is -0.360 e. The number of thiazole rings is 1. The van der Waals surface area contributed by atoms with Crippen molar-refractivity contribution in [1.29, 1.82) is 0 Å². The second kappa shape index (κ2) is 8.17. The van der Waals surface area contributed by atoms with Crippen LogP contribution in [0.15, 0.2) is 77.5 Å². The average Bonchev–Trinajstić information content (AvgIpc) is 3.52. The number of amides is 1. The van der Waals surface area contributed by atoms with Gasteiger partial charge in [-0.2, -0.15) is 0 Å². The van der Waals surface area contributed by atoms with E-state index in [9.17, 15) is 4.79 Å². The van der Waals surface area contributed by atoms with Crippen LogP contribution in [-0.2, 0) is 4.79 Å². The molecule has 0 saturated heterocycles. The molecule has 0 radical (unpaired) electrons. The molecule has 0 bridgehead atoms. The van der Waals surface area contributed by atoms with Crippen molar-refractivity contribution in [2.75, 3.05) is 11.1 Å². The van der Waals surface area contributed by atoms with Crippen molar-refractivity contribution < 1.29 is 4.79 Å². The molecule has 0 atom stereocenters. The summed E-state index contributed by atoms with van der Waals surface area (Å²) >= 11 is 2.78. The van der Waals surface area contributed by atoms with E-state index >= 15 is 0 Å². The number of aromatic amines is 2. The fourth-order valence-electron chi connectivity index (χ4n) is 3.17. The Balaban J connectivity index is 1.21. The predicted octanol–water partition coefficient (Wildman–Crippen LogP) is 5.41. The van der Waals surface area contributed by atoms with Gasteiger partial charge in [-0.3, -0.25) is 4.79 Å². The zero-order chi connectivity index (χ0) is 20.3. The van der Waals surface area contributed by atoms with E-state index in [0.29, 0.717) is 10.3 Å². The highest BCUT2D eigenvalue weighted by atomic mass is 32.2. The first-order chi connectivity index (χ1) is 14.8. The van der Waals surface area contributed by atoms with Crippen LogP contribution in [0.25, 0.3) is 33.4 Å². The lowest BCUT2D eigenvalue weighted by Crippen LogP contribution is -2.13. The zero-order valence-electron chi connectivity index (χ0n) is 15.8. The van der Waals surface area contributed by atoms with Crippen molar-refractivity contribution in [2.45, 2.75) is 5.16 Å². The van der Waals surface area contributed by atoms with E-state index in [-0.39, 0.29) is 11.7 Å². The Labute approximate surface area is 180 Å². The maximum atomic E-state index is 12.4. The molecule has 5 rings (SSSR count). The molecule has 0 spiro atoms. The molecule has 0 saturated carbocycles. The molecule has 5 aromatic rings. The molecule has 0 aliphatic rings. The van der Waals surface area contributed by atoms with Crippen LogP contribution in [0.5, 0.6) is 0 Å². The number of nitrogens with one attached hydrogen (secondary N) is 3. The molecular formula is C22H17N5OS2. The predicted molar refractivity (Wildman–Crippen MR) is 123 cm³/mol. The second-order valence-electron chi connectivity index (χ2n) is 6.59. The number of benzene rings is 2. The number of thioether (sulfide) groups is 1. The molecule has 0 aliphatic heterocycles. The summed E-state index contributed by atoms with van der Waals surface area (Å²) in [5.74, 6) is 0.140. The highest BCUT2D eigenvalue weighted by Gasteiger charge is 2.12. The largest absolute Gasteiger partial charge is 0.360 e. The molecular weight excluding hydrogens is 414 g/mol. The lowest BCUT2D eigenvalue weighted by atomic mass is 10.1. The molecule has 3 N–H and O–H groups in total. The van der Waals surface area contributed by atoms with Crippen molar-refractivity contribution in [3.63, 3.8) is 0 Å². The van der Waals surface area contributed by atoms with Crippen LogP contribution in [0, 0.1) is 0 Å². The van der Waals surface area contributed by atoms with Crippen LogP contribution in [0.4, 0.5) is 5.13 Å². The number of imidazole rings is 1. The van der Waals surface area contributed by atoms with Crippen LogP contribution < -0.4 is 5.32 Å². The fourth-order valence-corrected chi connectivity index (χ4v) is 4.54. The molecule has 0 unspecified atom stereocenters. The summed E-state index contributed by atoms with van der Waals surface area (Å²) in [6.07, 6.45) is 3.73. The van der Waals surface area contributed by atoms with Gasteiger partial charge in [0.2, 0.25) is 5.91 Å². The summed E-state index contributed by atoms with van der Waals surface area (Å²) in [7, 11) is 0. The van der Waals surface area contributed by atoms with Gasteiger partial charge in [0, 0.05) is 28.0 Å². The maximum absolute atomic E-state index is 12.4. The minimum absolute atomic E-state index is 0.113. The number of anilines is 1. The number of fused-ring (bicyclic) bond motifs is 1. The van der Waals surface area contributed by atoms with E-state index in [0.717, 1.165) is 33.4 Å². The normalized spacial score (nSPS) is 11.1. The standard InChI is InChI=1S/C22H17N5OS2/c28-20(13-30-21-24-11-18(25-21)14-6-2-1-3-7-14)27-22-26-19(12-29-22)16-10-23-17-9-5-4-8-15(16)17/h1-12,23H,13H2,(H,24,25)(H,26,27,28). The van der Waals surface area contributed by atoms with Crippen molar-refractivity contribution >= 4 is 45.0 Å². The Morgan fingerprint density at radius 2 is 1.93 bits per heavy atom. The Kier molecular flexibility index (Phi) is 5.08. The quantitative estimate of drug-likeness (QED) is 0.314. The number of hydrogen-bond donors (Lipinski definition) is 3. The highest BCUT2D eigenvalue weighted by molar-refractivity contribution is 7.99. The Bertz CT molecular complexity index is 1310. The molecule has 0 aliphatic carbocycles. The third kappa shape index (κ3) is 3.87. The van der Waals surface area contributed by atoms with Gasteiger partial charge in [-0.15, -0.1) is 11.3 Å². The van der Waals surface area contributed by atoms with E-state index in [1.165, 1.54) is 23.1 Å². The molecule has 1 amide bonds. The van der Waals surface area contributed by atoms with Gasteiger partial charge in [0.15, 0.2) is 10.3 Å². The van der Waals surface area contributed by atoms with Gasteiger partial charge in [-0.1, -0.05) is 60.3 Å². The summed E-state index contributed by atoms with van der Waals surface area (Å²) in [6, 6.07) is 18.1. The van der Waals surface area contributed by atoms with Crippen LogP contribution in [0.1, 0.15) is 0 Å². The molecule has 6 nitrogen and oxygen atoms in total. The third-order valence-corrected chi connectivity index (χ3v) is 6.24. The minimum atomic E-state index is -0.113. The number of para-hydroxylation sites is 1. The number of carbonyl (C=O) groups is 1. The van der Waals surface area contributed by atoms with Gasteiger partial charge in [0.05, 0.1) is 23.3 Å². The van der Waals surface area contributed by atoms with Crippen LogP contribution >= 0.6 is 23.1 Å². The van der Waals surface area contributed by atoms with E-state index in [1.54, 1.807) is 6.20 Å². The van der Waals surface area contributed by atoms with Crippen LogP contribution in [-0.4, -0.2) is 31.6 Å². The van der Waals surface area contributed by atoms with E-state index in [4.69, 9.17) is 0 Å². The van der Waals surface area contributed by atoms with Crippen molar-refractivity contribution in [2.24, 2.45) is 0 Å². The lowest BCUT2D eigenvalue weighted by Gasteiger charge is -2.00. The Morgan fingerprint density at radius 1 is 1.10 bits per heavy atom. The number of hydrogen-bond acceptors (Lipinski definition) is 5. The number of aromatic nitrogens is 4. The first kappa shape index (κ1) is 18.7. The molecule has 2 aromatic carbocycles. The lowest BCUT2D eigenvalue weighted by molar-refractivity contribution is -0.113. The summed E-state index contributed by atoms with van der Waals surface area (Å²) in [4.78, 5) is 27.8. The first-order valence-corrected chi connectivity index (χ1v) is 11.2. The van der Waals surface area contributed by atoms with E-state index in [2.05, 4.69) is 31.3 Å². The number of H-pyrrole nitrogens is 2. The Morgan fingerprint density at radius 3 is 2.83 bits per heavy atom. The van der Waals surface area contributed by atoms with Gasteiger partial charge in [0.1, 0.15) is 0 Å². The van der Waals surface area contributed by atoms with Gasteiger partial charge in [-0.25, -0.2) is 9.97 Å². The average molecular weight is 432 g/mol. The van der Waals surface area contributed by atoms with Crippen molar-refractivity contribution in [3.05, 3.63) is 72.4 Å². The molecule has 3 aromatic heterocycles. The van der Waals surface area contributed by atoms with E-state index < -0.39 is 0 Å². The third-order valence-electron chi connectivity index (χ3n) is 4.59. The summed E-state index contributed by atoms with van der Waals surface area (Å²) in [6.45, 7) is 0. The van der Waals surface area contributed by atoms with Gasteiger partial charge in [-0.05, 0) is 11.6 Å². The molecule has 3 heterocycles. The summed E-state index contributed by atoms with van der Waals surface area (Å²) < 4.78 is 0. The molecule has 148 valence electrons. The zero-order valence-corrected chi connectivity index (χ0v) is 17.4. The second-order valence-corrected chi connectivity index (χ2v) is 8.41. The number of carbonyl (C=O) groups excluding carboxylic acids is 1. The van der Waals surface area contributed by atoms with Gasteiger partial charge < -0.3 is 15.3 Å². The SMILES string of the molecule is O=C(CSc1ncc(-c2ccccc2)[nH]1)Nc1nc(-c2c[nH]c3ccccc23)cs1. The van der Waals surface area contributed by atoms with Crippen LogP contribution in [0.2, 0.25) is 0 Å². The number of nitrogens with zero attached hydrogens (tertiary/aromatic N) is 2. The summed E-state index contributed by atoms with van der Waals surface area (Å²) in [5.41, 5.74) is 4.94. The van der Waals surface area contributed by atoms with Crippen molar-refractivity contribution in [1.82, 2.24) is 19.9 Å². The van der Waals surface area contributed by atoms with Crippen LogP contribution in [0.3, 0.4) is 0 Å². The number of rotatable bonds is 6. The highest BCUT2D eigenvalue weighted by Crippen LogP contribution is 2.31. The first-order valence-electron chi connectivity index (χ1n) is 9.31. The van der Waals surface area contributed by atoms with E-state index in [1.807, 2.05) is 60.1 Å². The maximum Gasteiger partial charge on any atom is 0.236 e. The smallest absolute Gasteiger partial charge is 0.236 e. The van der Waals surface area contributed by atoms with Gasteiger partial charge in [0.25, 0.3) is 0 Å². The topological polar surface area (TPSA) is 86.5 Å². The molecule has 0 fully saturated rings. The molecule has 30 heavy (non-hydrogen) atoms. The summed E-state index contributed by atoms with van der Waals surface area (Å²) in [5, 5.41) is 7.25. The van der Waals surface area contributed by atoms with Crippen molar-refractivity contribution in [3.8, 4) is 22.5 Å². The van der Waals surface area contributed by atoms with Gasteiger partial charge >= 0.3 is 0 Å². The monoisotopic (exact) mass is 431 g/mol. The fraction of sp³-hybridized carbons (Fsp3) is 0.0455. The Hall–Kier alpha value is -3.36.